The SMILES string of the molecule is O=C(c1cccnc1)N1CCCCCc2ccccc2OC[C@@H](O)[C@@H](O)CC1. The Hall–Kier alpha value is -2.44. The number of pyridine rings is 1. The van der Waals surface area contributed by atoms with Crippen molar-refractivity contribution in [3.8, 4) is 5.75 Å². The van der Waals surface area contributed by atoms with Crippen LogP contribution in [0.25, 0.3) is 0 Å². The fourth-order valence-corrected chi connectivity index (χ4v) is 3.40. The topological polar surface area (TPSA) is 82.9 Å². The number of carbonyl (C=O) groups is 1. The summed E-state index contributed by atoms with van der Waals surface area (Å²) in [6, 6.07) is 11.3. The van der Waals surface area contributed by atoms with Gasteiger partial charge in [-0.3, -0.25) is 9.78 Å². The molecule has 1 aliphatic rings. The van der Waals surface area contributed by atoms with Crippen molar-refractivity contribution in [3.63, 3.8) is 0 Å². The molecule has 1 aliphatic heterocycles. The van der Waals surface area contributed by atoms with E-state index < -0.39 is 12.2 Å². The van der Waals surface area contributed by atoms with Gasteiger partial charge in [0.25, 0.3) is 5.91 Å². The predicted octanol–water partition coefficient (Wildman–Crippen LogP) is 2.44. The predicted molar refractivity (Wildman–Crippen MR) is 106 cm³/mol. The molecule has 0 spiro atoms. The van der Waals surface area contributed by atoms with Crippen LogP contribution in [0, 0.1) is 0 Å². The summed E-state index contributed by atoms with van der Waals surface area (Å²) in [6.07, 6.45) is 5.28. The quantitative estimate of drug-likeness (QED) is 0.789. The van der Waals surface area contributed by atoms with Gasteiger partial charge in [0, 0.05) is 25.5 Å². The van der Waals surface area contributed by atoms with E-state index in [0.29, 0.717) is 18.7 Å². The molecule has 2 aromatic rings. The molecule has 2 heterocycles. The minimum absolute atomic E-state index is 0.0226. The van der Waals surface area contributed by atoms with Crippen molar-refractivity contribution in [1.82, 2.24) is 9.88 Å². The van der Waals surface area contributed by atoms with Crippen molar-refractivity contribution < 1.29 is 19.7 Å². The van der Waals surface area contributed by atoms with Crippen LogP contribution in [-0.4, -0.2) is 57.9 Å². The number of aliphatic hydroxyl groups is 2. The molecule has 1 aromatic heterocycles. The highest BCUT2D eigenvalue weighted by Crippen LogP contribution is 2.21. The zero-order chi connectivity index (χ0) is 19.8. The first-order chi connectivity index (χ1) is 13.6. The average molecular weight is 384 g/mol. The molecule has 2 atom stereocenters. The normalized spacial score (nSPS) is 21.9. The van der Waals surface area contributed by atoms with E-state index in [9.17, 15) is 15.0 Å². The minimum Gasteiger partial charge on any atom is -0.491 e. The summed E-state index contributed by atoms with van der Waals surface area (Å²) < 4.78 is 5.76. The van der Waals surface area contributed by atoms with Crippen molar-refractivity contribution in [1.29, 1.82) is 0 Å². The van der Waals surface area contributed by atoms with Crippen molar-refractivity contribution in [2.45, 2.75) is 44.3 Å². The van der Waals surface area contributed by atoms with Crippen molar-refractivity contribution in [2.75, 3.05) is 19.7 Å². The maximum absolute atomic E-state index is 12.8. The number of aromatic nitrogens is 1. The van der Waals surface area contributed by atoms with Crippen molar-refractivity contribution >= 4 is 5.91 Å². The van der Waals surface area contributed by atoms with E-state index in [1.807, 2.05) is 24.3 Å². The van der Waals surface area contributed by atoms with E-state index in [0.717, 1.165) is 37.0 Å². The molecule has 0 aliphatic carbocycles. The number of aryl methyl sites for hydroxylation is 1. The summed E-state index contributed by atoms with van der Waals surface area (Å²) >= 11 is 0. The fourth-order valence-electron chi connectivity index (χ4n) is 3.40. The van der Waals surface area contributed by atoms with Crippen LogP contribution < -0.4 is 4.74 Å². The van der Waals surface area contributed by atoms with Gasteiger partial charge in [0.2, 0.25) is 0 Å². The van der Waals surface area contributed by atoms with Crippen LogP contribution in [0.2, 0.25) is 0 Å². The Morgan fingerprint density at radius 1 is 1.04 bits per heavy atom. The Balaban J connectivity index is 1.70. The first kappa shape index (κ1) is 20.3. The number of nitrogens with zero attached hydrogens (tertiary/aromatic N) is 2. The van der Waals surface area contributed by atoms with E-state index in [4.69, 9.17) is 4.74 Å². The van der Waals surface area contributed by atoms with E-state index >= 15 is 0 Å². The van der Waals surface area contributed by atoms with Gasteiger partial charge >= 0.3 is 0 Å². The number of rotatable bonds is 1. The van der Waals surface area contributed by atoms with Gasteiger partial charge in [0.15, 0.2) is 0 Å². The maximum atomic E-state index is 12.8. The van der Waals surface area contributed by atoms with Crippen LogP contribution in [0.1, 0.15) is 41.6 Å². The zero-order valence-corrected chi connectivity index (χ0v) is 16.0. The summed E-state index contributed by atoms with van der Waals surface area (Å²) in [6.45, 7) is 1.02. The lowest BCUT2D eigenvalue weighted by Gasteiger charge is -2.26. The number of hydrogen-bond acceptors (Lipinski definition) is 5. The van der Waals surface area contributed by atoms with Crippen molar-refractivity contribution in [3.05, 3.63) is 59.9 Å². The molecular weight excluding hydrogens is 356 g/mol. The van der Waals surface area contributed by atoms with Crippen LogP contribution in [0.3, 0.4) is 0 Å². The molecule has 0 unspecified atom stereocenters. The second-order valence-electron chi connectivity index (χ2n) is 7.19. The van der Waals surface area contributed by atoms with Gasteiger partial charge in [-0.25, -0.2) is 0 Å². The molecule has 6 nitrogen and oxygen atoms in total. The Kier molecular flexibility index (Phi) is 7.39. The molecule has 0 radical (unpaired) electrons. The highest BCUT2D eigenvalue weighted by molar-refractivity contribution is 5.93. The number of hydrogen-bond donors (Lipinski definition) is 2. The van der Waals surface area contributed by atoms with Crippen LogP contribution in [0.4, 0.5) is 0 Å². The number of ether oxygens (including phenoxy) is 1. The number of carbonyl (C=O) groups excluding carboxylic acids is 1. The standard InChI is InChI=1S/C22H28N2O4/c25-19-11-14-24(22(27)18-9-6-12-23-15-18)13-5-1-2-7-17-8-3-4-10-21(17)28-16-20(19)26/h3-4,6,8-10,12,15,19-20,25-26H,1-2,5,7,11,13-14,16H2/t19-,20+/m0/s1. The summed E-state index contributed by atoms with van der Waals surface area (Å²) in [4.78, 5) is 18.6. The number of amides is 1. The van der Waals surface area contributed by atoms with Gasteiger partial charge in [0.05, 0.1) is 11.7 Å². The monoisotopic (exact) mass is 384 g/mol. The van der Waals surface area contributed by atoms with Gasteiger partial charge in [-0.15, -0.1) is 0 Å². The summed E-state index contributed by atoms with van der Waals surface area (Å²) in [5, 5.41) is 20.6. The zero-order valence-electron chi connectivity index (χ0n) is 16.0. The largest absolute Gasteiger partial charge is 0.491 e. The molecule has 0 saturated heterocycles. The number of fused-ring (bicyclic) bond motifs is 1. The third-order valence-corrected chi connectivity index (χ3v) is 5.09. The lowest BCUT2D eigenvalue weighted by atomic mass is 10.0. The van der Waals surface area contributed by atoms with Gasteiger partial charge in [-0.05, 0) is 49.4 Å². The third-order valence-electron chi connectivity index (χ3n) is 5.09. The summed E-state index contributed by atoms with van der Waals surface area (Å²) in [7, 11) is 0. The Morgan fingerprint density at radius 3 is 2.71 bits per heavy atom. The van der Waals surface area contributed by atoms with Crippen LogP contribution >= 0.6 is 0 Å². The lowest BCUT2D eigenvalue weighted by molar-refractivity contribution is -0.0153. The molecule has 28 heavy (non-hydrogen) atoms. The molecule has 150 valence electrons. The highest BCUT2D eigenvalue weighted by atomic mass is 16.5. The molecule has 1 amide bonds. The van der Waals surface area contributed by atoms with Crippen LogP contribution in [0.5, 0.6) is 5.75 Å². The lowest BCUT2D eigenvalue weighted by Crippen LogP contribution is -2.38. The van der Waals surface area contributed by atoms with Crippen LogP contribution in [0.15, 0.2) is 48.8 Å². The van der Waals surface area contributed by atoms with E-state index in [1.165, 1.54) is 0 Å². The number of para-hydroxylation sites is 1. The van der Waals surface area contributed by atoms with E-state index in [1.54, 1.807) is 29.4 Å². The van der Waals surface area contributed by atoms with Crippen LogP contribution in [-0.2, 0) is 6.42 Å². The first-order valence-corrected chi connectivity index (χ1v) is 9.91. The second-order valence-corrected chi connectivity index (χ2v) is 7.19. The molecule has 3 rings (SSSR count). The number of benzene rings is 1. The molecule has 0 saturated carbocycles. The molecular formula is C22H28N2O4. The highest BCUT2D eigenvalue weighted by Gasteiger charge is 2.22. The third kappa shape index (κ3) is 5.53. The fraction of sp³-hybridized carbons (Fsp3) is 0.455. The smallest absolute Gasteiger partial charge is 0.255 e. The molecule has 2 N–H and O–H groups in total. The Morgan fingerprint density at radius 2 is 1.89 bits per heavy atom. The Bertz CT molecular complexity index is 753. The summed E-state index contributed by atoms with van der Waals surface area (Å²) in [5.74, 6) is 0.669. The van der Waals surface area contributed by atoms with E-state index in [2.05, 4.69) is 4.98 Å². The average Bonchev–Trinajstić information content (AvgIpc) is 2.74. The molecule has 1 aromatic carbocycles. The number of aliphatic hydroxyl groups excluding tert-OH is 2. The van der Waals surface area contributed by atoms with Gasteiger partial charge in [-0.1, -0.05) is 24.6 Å². The first-order valence-electron chi connectivity index (χ1n) is 9.91. The van der Waals surface area contributed by atoms with Gasteiger partial charge in [-0.2, -0.15) is 0 Å². The molecule has 6 heteroatoms. The Labute approximate surface area is 165 Å². The van der Waals surface area contributed by atoms with Gasteiger partial charge < -0.3 is 19.8 Å². The van der Waals surface area contributed by atoms with Gasteiger partial charge in [0.1, 0.15) is 18.5 Å². The van der Waals surface area contributed by atoms with E-state index in [-0.39, 0.29) is 18.9 Å². The molecule has 0 fully saturated rings. The summed E-state index contributed by atoms with van der Waals surface area (Å²) in [5.41, 5.74) is 1.64. The van der Waals surface area contributed by atoms with Crippen molar-refractivity contribution in [2.24, 2.45) is 0 Å². The minimum atomic E-state index is -1.01. The second kappa shape index (κ2) is 10.2. The maximum Gasteiger partial charge on any atom is 0.255 e. The molecule has 0 bridgehead atoms.